The van der Waals surface area contributed by atoms with Gasteiger partial charge >= 0.3 is 0 Å². The monoisotopic (exact) mass is 157 g/mol. The molecule has 3 heteroatoms. The van der Waals surface area contributed by atoms with Gasteiger partial charge in [-0.3, -0.25) is 5.32 Å². The van der Waals surface area contributed by atoms with E-state index in [1.54, 1.807) is 18.2 Å². The molecule has 0 radical (unpaired) electrons. The summed E-state index contributed by atoms with van der Waals surface area (Å²) in [5.74, 6) is 0. The Morgan fingerprint density at radius 3 is 2.82 bits per heavy atom. The maximum atomic E-state index is 9.08. The minimum absolute atomic E-state index is 0.116. The fraction of sp³-hybridized carbons (Fsp3) is 0.500. The molecule has 0 aromatic carbocycles. The van der Waals surface area contributed by atoms with Crippen LogP contribution in [0.5, 0.6) is 0 Å². The molecule has 0 saturated heterocycles. The van der Waals surface area contributed by atoms with Gasteiger partial charge in [-0.2, -0.15) is 0 Å². The molecule has 0 spiro atoms. The fourth-order valence-electron chi connectivity index (χ4n) is 0.572. The third-order valence-corrected chi connectivity index (χ3v) is 1.09. The van der Waals surface area contributed by atoms with Crippen molar-refractivity contribution in [3.63, 3.8) is 0 Å². The first-order valence-electron chi connectivity index (χ1n) is 3.61. The number of rotatable bonds is 6. The van der Waals surface area contributed by atoms with Crippen LogP contribution in [0.1, 0.15) is 6.42 Å². The zero-order valence-electron chi connectivity index (χ0n) is 6.53. The molecule has 0 saturated carbocycles. The van der Waals surface area contributed by atoms with Crippen LogP contribution < -0.4 is 5.32 Å². The quantitative estimate of drug-likeness (QED) is 0.376. The van der Waals surface area contributed by atoms with Crippen molar-refractivity contribution in [2.45, 2.75) is 12.6 Å². The molecular weight excluding hydrogens is 142 g/mol. The van der Waals surface area contributed by atoms with E-state index in [9.17, 15) is 0 Å². The summed E-state index contributed by atoms with van der Waals surface area (Å²) < 4.78 is 0. The van der Waals surface area contributed by atoms with Crippen LogP contribution in [0, 0.1) is 0 Å². The predicted octanol–water partition coefficient (Wildman–Crippen LogP) is 0.0190. The molecule has 0 heterocycles. The van der Waals surface area contributed by atoms with Gasteiger partial charge in [0, 0.05) is 13.2 Å². The Hall–Kier alpha value is -0.640. The van der Waals surface area contributed by atoms with Gasteiger partial charge in [0.1, 0.15) is 6.23 Å². The predicted molar refractivity (Wildman–Crippen MR) is 45.0 cm³/mol. The van der Waals surface area contributed by atoms with Gasteiger partial charge < -0.3 is 10.2 Å². The lowest BCUT2D eigenvalue weighted by molar-refractivity contribution is 0.189. The smallest absolute Gasteiger partial charge is 0.124 e. The summed E-state index contributed by atoms with van der Waals surface area (Å²) in [6.07, 6.45) is 4.93. The Labute approximate surface area is 67.1 Å². The zero-order chi connectivity index (χ0) is 8.53. The molecule has 0 fully saturated rings. The van der Waals surface area contributed by atoms with Crippen molar-refractivity contribution in [2.24, 2.45) is 0 Å². The first-order chi connectivity index (χ1) is 5.31. The van der Waals surface area contributed by atoms with E-state index < -0.39 is 6.23 Å². The molecule has 3 nitrogen and oxygen atoms in total. The Morgan fingerprint density at radius 1 is 1.55 bits per heavy atom. The third kappa shape index (κ3) is 7.25. The van der Waals surface area contributed by atoms with E-state index in [2.05, 4.69) is 11.9 Å². The first-order valence-corrected chi connectivity index (χ1v) is 3.61. The van der Waals surface area contributed by atoms with E-state index in [1.807, 2.05) is 0 Å². The van der Waals surface area contributed by atoms with Crippen molar-refractivity contribution in [2.75, 3.05) is 13.2 Å². The zero-order valence-corrected chi connectivity index (χ0v) is 6.53. The summed E-state index contributed by atoms with van der Waals surface area (Å²) in [7, 11) is 0. The van der Waals surface area contributed by atoms with Gasteiger partial charge in [0.05, 0.1) is 0 Å². The summed E-state index contributed by atoms with van der Waals surface area (Å²) in [6, 6.07) is 0. The van der Waals surface area contributed by atoms with Crippen LogP contribution in [0.2, 0.25) is 0 Å². The van der Waals surface area contributed by atoms with Gasteiger partial charge in [0.2, 0.25) is 0 Å². The minimum Gasteiger partial charge on any atom is -0.396 e. The maximum absolute atomic E-state index is 9.08. The van der Waals surface area contributed by atoms with Crippen molar-refractivity contribution in [1.29, 1.82) is 0 Å². The van der Waals surface area contributed by atoms with Crippen molar-refractivity contribution >= 4 is 0 Å². The third-order valence-electron chi connectivity index (χ3n) is 1.09. The van der Waals surface area contributed by atoms with Crippen LogP contribution in [0.25, 0.3) is 0 Å². The van der Waals surface area contributed by atoms with E-state index in [1.165, 1.54) is 0 Å². The highest BCUT2D eigenvalue weighted by Gasteiger charge is 1.92. The molecule has 0 aliphatic carbocycles. The van der Waals surface area contributed by atoms with Crippen molar-refractivity contribution in [3.8, 4) is 0 Å². The van der Waals surface area contributed by atoms with Crippen LogP contribution in [-0.4, -0.2) is 29.6 Å². The summed E-state index contributed by atoms with van der Waals surface area (Å²) >= 11 is 0. The average Bonchev–Trinajstić information content (AvgIpc) is 2.01. The molecular formula is C8H15NO2. The second-order valence-corrected chi connectivity index (χ2v) is 2.08. The lowest BCUT2D eigenvalue weighted by atomic mass is 10.3. The molecule has 3 N–H and O–H groups in total. The van der Waals surface area contributed by atoms with Crippen LogP contribution in [0.4, 0.5) is 0 Å². The van der Waals surface area contributed by atoms with Crippen molar-refractivity contribution < 1.29 is 10.2 Å². The Kier molecular flexibility index (Phi) is 7.03. The van der Waals surface area contributed by atoms with Crippen LogP contribution in [0.15, 0.2) is 24.8 Å². The van der Waals surface area contributed by atoms with E-state index in [0.717, 1.165) is 0 Å². The van der Waals surface area contributed by atoms with Gasteiger partial charge in [-0.25, -0.2) is 0 Å². The van der Waals surface area contributed by atoms with E-state index in [0.29, 0.717) is 13.0 Å². The summed E-state index contributed by atoms with van der Waals surface area (Å²) in [4.78, 5) is 0. The number of hydrogen-bond donors (Lipinski definition) is 3. The molecule has 11 heavy (non-hydrogen) atoms. The summed E-state index contributed by atoms with van der Waals surface area (Å²) in [5, 5.41) is 20.2. The van der Waals surface area contributed by atoms with Gasteiger partial charge in [-0.1, -0.05) is 12.2 Å². The van der Waals surface area contributed by atoms with Crippen molar-refractivity contribution in [1.82, 2.24) is 5.32 Å². The first kappa shape index (κ1) is 10.4. The number of hydrogen-bond acceptors (Lipinski definition) is 3. The molecule has 0 aromatic rings. The second-order valence-electron chi connectivity index (χ2n) is 2.08. The second kappa shape index (κ2) is 7.47. The normalized spacial score (nSPS) is 13.6. The van der Waals surface area contributed by atoms with E-state index >= 15 is 0 Å². The molecule has 0 aliphatic heterocycles. The van der Waals surface area contributed by atoms with Gasteiger partial charge in [0.15, 0.2) is 0 Å². The highest BCUT2D eigenvalue weighted by Crippen LogP contribution is 1.84. The Balaban J connectivity index is 3.33. The standard InChI is InChI=1S/C8H15NO2/c1-2-6-9-8(11)5-3-4-7-10/h2-3,5,8-11H,1,4,6-7H2/b5-3+. The lowest BCUT2D eigenvalue weighted by Crippen LogP contribution is -2.26. The maximum Gasteiger partial charge on any atom is 0.124 e. The molecule has 0 bridgehead atoms. The molecule has 0 aromatic heterocycles. The number of nitrogens with one attached hydrogen (secondary N) is 1. The van der Waals surface area contributed by atoms with E-state index in [4.69, 9.17) is 10.2 Å². The highest BCUT2D eigenvalue weighted by atomic mass is 16.3. The van der Waals surface area contributed by atoms with Gasteiger partial charge in [-0.15, -0.1) is 6.58 Å². The minimum atomic E-state index is -0.639. The highest BCUT2D eigenvalue weighted by molar-refractivity contribution is 4.88. The molecule has 1 unspecified atom stereocenters. The SMILES string of the molecule is C=CCNC(O)/C=C/CCO. The number of aliphatic hydroxyl groups is 2. The van der Waals surface area contributed by atoms with E-state index in [-0.39, 0.29) is 6.61 Å². The van der Waals surface area contributed by atoms with Gasteiger partial charge in [-0.05, 0) is 12.5 Å². The number of aliphatic hydroxyl groups excluding tert-OH is 2. The van der Waals surface area contributed by atoms with Crippen LogP contribution >= 0.6 is 0 Å². The fourth-order valence-corrected chi connectivity index (χ4v) is 0.572. The average molecular weight is 157 g/mol. The molecule has 64 valence electrons. The van der Waals surface area contributed by atoms with Crippen LogP contribution in [0.3, 0.4) is 0 Å². The molecule has 0 aliphatic rings. The lowest BCUT2D eigenvalue weighted by Gasteiger charge is -2.04. The molecule has 0 amide bonds. The van der Waals surface area contributed by atoms with Crippen LogP contribution in [-0.2, 0) is 0 Å². The summed E-state index contributed by atoms with van der Waals surface area (Å²) in [5.41, 5.74) is 0. The largest absolute Gasteiger partial charge is 0.396 e. The Bertz CT molecular complexity index is 123. The Morgan fingerprint density at radius 2 is 2.27 bits per heavy atom. The molecule has 1 atom stereocenters. The molecule has 0 rings (SSSR count). The topological polar surface area (TPSA) is 52.5 Å². The summed E-state index contributed by atoms with van der Waals surface area (Å²) in [6.45, 7) is 4.18. The van der Waals surface area contributed by atoms with Gasteiger partial charge in [0.25, 0.3) is 0 Å². The van der Waals surface area contributed by atoms with Crippen molar-refractivity contribution in [3.05, 3.63) is 24.8 Å².